The van der Waals surface area contributed by atoms with Gasteiger partial charge >= 0.3 is 0 Å². The van der Waals surface area contributed by atoms with Crippen molar-refractivity contribution in [2.24, 2.45) is 0 Å². The number of hydrogen-bond acceptors (Lipinski definition) is 4. The van der Waals surface area contributed by atoms with Crippen LogP contribution in [0.2, 0.25) is 0 Å². The van der Waals surface area contributed by atoms with Crippen LogP contribution in [0.15, 0.2) is 24.3 Å². The second-order valence-corrected chi connectivity index (χ2v) is 5.08. The first kappa shape index (κ1) is 15.8. The topological polar surface area (TPSA) is 50.8 Å². The molecule has 1 fully saturated rings. The van der Waals surface area contributed by atoms with E-state index in [0.29, 0.717) is 19.7 Å². The zero-order valence-corrected chi connectivity index (χ0v) is 12.8. The summed E-state index contributed by atoms with van der Waals surface area (Å²) in [6.07, 6.45) is 1.76. The first-order valence-corrected chi connectivity index (χ1v) is 7.51. The number of benzene rings is 1. The molecule has 0 spiro atoms. The van der Waals surface area contributed by atoms with Crippen molar-refractivity contribution in [1.29, 1.82) is 0 Å². The van der Waals surface area contributed by atoms with E-state index in [2.05, 4.69) is 12.2 Å². The van der Waals surface area contributed by atoms with Crippen LogP contribution in [0.25, 0.3) is 0 Å². The van der Waals surface area contributed by atoms with Crippen molar-refractivity contribution in [3.8, 4) is 5.75 Å². The molecule has 1 aliphatic heterocycles. The number of amides is 1. The second-order valence-electron chi connectivity index (χ2n) is 5.08. The summed E-state index contributed by atoms with van der Waals surface area (Å²) < 4.78 is 10.9. The number of nitrogens with zero attached hydrogens (tertiary/aromatic N) is 1. The van der Waals surface area contributed by atoms with Gasteiger partial charge in [0.05, 0.1) is 13.7 Å². The molecule has 1 unspecified atom stereocenters. The number of carbonyl (C=O) groups excluding carboxylic acids is 1. The lowest BCUT2D eigenvalue weighted by Crippen LogP contribution is -2.32. The molecule has 1 amide bonds. The zero-order chi connectivity index (χ0) is 15.1. The Kier molecular flexibility index (Phi) is 6.02. The third-order valence-corrected chi connectivity index (χ3v) is 3.55. The van der Waals surface area contributed by atoms with Gasteiger partial charge in [-0.25, -0.2) is 0 Å². The Balaban J connectivity index is 1.99. The zero-order valence-electron chi connectivity index (χ0n) is 12.8. The summed E-state index contributed by atoms with van der Waals surface area (Å²) in [7, 11) is 1.65. The van der Waals surface area contributed by atoms with Crippen LogP contribution >= 0.6 is 0 Å². The van der Waals surface area contributed by atoms with Gasteiger partial charge in [-0.1, -0.05) is 25.1 Å². The highest BCUT2D eigenvalue weighted by Crippen LogP contribution is 2.29. The molecule has 0 aromatic heterocycles. The monoisotopic (exact) mass is 292 g/mol. The average Bonchev–Trinajstić information content (AvgIpc) is 2.88. The molecule has 21 heavy (non-hydrogen) atoms. The minimum absolute atomic E-state index is 0.111. The SMILES string of the molecule is CCCOCCCN1C(=O)CNC1c1ccccc1OC. The second kappa shape index (κ2) is 8.00. The van der Waals surface area contributed by atoms with Crippen LogP contribution in [0.4, 0.5) is 0 Å². The standard InChI is InChI=1S/C16H24N2O3/c1-3-10-21-11-6-9-18-15(19)12-17-16(18)13-7-4-5-8-14(13)20-2/h4-5,7-8,16-17H,3,6,9-12H2,1-2H3. The summed E-state index contributed by atoms with van der Waals surface area (Å²) in [6, 6.07) is 7.81. The van der Waals surface area contributed by atoms with Crippen LogP contribution in [-0.4, -0.2) is 44.2 Å². The van der Waals surface area contributed by atoms with Crippen LogP contribution in [0.3, 0.4) is 0 Å². The fourth-order valence-corrected chi connectivity index (χ4v) is 2.55. The van der Waals surface area contributed by atoms with E-state index in [9.17, 15) is 4.79 Å². The van der Waals surface area contributed by atoms with E-state index in [0.717, 1.165) is 30.8 Å². The molecule has 0 radical (unpaired) electrons. The van der Waals surface area contributed by atoms with Crippen LogP contribution in [0.5, 0.6) is 5.75 Å². The molecule has 1 aromatic rings. The molecule has 5 heteroatoms. The molecule has 1 saturated heterocycles. The number of para-hydroxylation sites is 1. The number of methoxy groups -OCH3 is 1. The number of carbonyl (C=O) groups is 1. The smallest absolute Gasteiger partial charge is 0.238 e. The quantitative estimate of drug-likeness (QED) is 0.744. The summed E-state index contributed by atoms with van der Waals surface area (Å²) in [5.74, 6) is 0.929. The van der Waals surface area contributed by atoms with Gasteiger partial charge in [0.25, 0.3) is 0 Å². The Bertz CT molecular complexity index is 465. The Morgan fingerprint density at radius 2 is 2.14 bits per heavy atom. The van der Waals surface area contributed by atoms with Gasteiger partial charge < -0.3 is 14.4 Å². The highest BCUT2D eigenvalue weighted by molar-refractivity contribution is 5.81. The first-order valence-electron chi connectivity index (χ1n) is 7.51. The molecule has 0 saturated carbocycles. The predicted octanol–water partition coefficient (Wildman–Crippen LogP) is 1.94. The summed E-state index contributed by atoms with van der Waals surface area (Å²) in [6.45, 7) is 4.63. The van der Waals surface area contributed by atoms with Crippen molar-refractivity contribution in [2.75, 3.05) is 33.4 Å². The Labute approximate surface area is 126 Å². The van der Waals surface area contributed by atoms with E-state index in [1.54, 1.807) is 7.11 Å². The summed E-state index contributed by atoms with van der Waals surface area (Å²) in [5, 5.41) is 3.26. The van der Waals surface area contributed by atoms with Gasteiger partial charge in [0.1, 0.15) is 11.9 Å². The van der Waals surface area contributed by atoms with Gasteiger partial charge in [0, 0.05) is 25.3 Å². The maximum atomic E-state index is 12.1. The highest BCUT2D eigenvalue weighted by atomic mass is 16.5. The summed E-state index contributed by atoms with van der Waals surface area (Å²) >= 11 is 0. The van der Waals surface area contributed by atoms with Gasteiger partial charge in [-0.2, -0.15) is 0 Å². The molecule has 116 valence electrons. The van der Waals surface area contributed by atoms with Crippen LogP contribution in [0.1, 0.15) is 31.5 Å². The third-order valence-electron chi connectivity index (χ3n) is 3.55. The number of ether oxygens (including phenoxy) is 2. The molecule has 1 heterocycles. The molecule has 1 N–H and O–H groups in total. The van der Waals surface area contributed by atoms with Crippen molar-refractivity contribution in [3.63, 3.8) is 0 Å². The fourth-order valence-electron chi connectivity index (χ4n) is 2.55. The fraction of sp³-hybridized carbons (Fsp3) is 0.562. The summed E-state index contributed by atoms with van der Waals surface area (Å²) in [5.41, 5.74) is 1.00. The molecule has 2 rings (SSSR count). The Morgan fingerprint density at radius 3 is 2.90 bits per heavy atom. The minimum Gasteiger partial charge on any atom is -0.496 e. The van der Waals surface area contributed by atoms with Crippen molar-refractivity contribution in [3.05, 3.63) is 29.8 Å². The summed E-state index contributed by atoms with van der Waals surface area (Å²) in [4.78, 5) is 13.9. The van der Waals surface area contributed by atoms with Gasteiger partial charge in [0.2, 0.25) is 5.91 Å². The van der Waals surface area contributed by atoms with Crippen molar-refractivity contribution in [1.82, 2.24) is 10.2 Å². The van der Waals surface area contributed by atoms with Crippen LogP contribution < -0.4 is 10.1 Å². The number of rotatable bonds is 8. The lowest BCUT2D eigenvalue weighted by molar-refractivity contribution is -0.128. The number of hydrogen-bond donors (Lipinski definition) is 1. The maximum absolute atomic E-state index is 12.1. The molecular weight excluding hydrogens is 268 g/mol. The largest absolute Gasteiger partial charge is 0.496 e. The van der Waals surface area contributed by atoms with Crippen LogP contribution in [0, 0.1) is 0 Å². The third kappa shape index (κ3) is 3.95. The molecule has 5 nitrogen and oxygen atoms in total. The van der Waals surface area contributed by atoms with E-state index in [-0.39, 0.29) is 12.1 Å². The predicted molar refractivity (Wildman–Crippen MR) is 81.2 cm³/mol. The van der Waals surface area contributed by atoms with E-state index in [1.165, 1.54) is 0 Å². The van der Waals surface area contributed by atoms with Crippen molar-refractivity contribution < 1.29 is 14.3 Å². The van der Waals surface area contributed by atoms with E-state index < -0.39 is 0 Å². The molecular formula is C16H24N2O3. The lowest BCUT2D eigenvalue weighted by Gasteiger charge is -2.26. The highest BCUT2D eigenvalue weighted by Gasteiger charge is 2.32. The normalized spacial score (nSPS) is 18.3. The maximum Gasteiger partial charge on any atom is 0.238 e. The lowest BCUT2D eigenvalue weighted by atomic mass is 10.1. The van der Waals surface area contributed by atoms with Gasteiger partial charge in [0.15, 0.2) is 0 Å². The van der Waals surface area contributed by atoms with Gasteiger partial charge in [-0.3, -0.25) is 10.1 Å². The molecule has 1 atom stereocenters. The molecule has 1 aliphatic rings. The van der Waals surface area contributed by atoms with E-state index in [4.69, 9.17) is 9.47 Å². The Hall–Kier alpha value is -1.59. The molecule has 0 bridgehead atoms. The van der Waals surface area contributed by atoms with Crippen molar-refractivity contribution in [2.45, 2.75) is 25.9 Å². The van der Waals surface area contributed by atoms with E-state index in [1.807, 2.05) is 29.2 Å². The number of nitrogens with one attached hydrogen (secondary N) is 1. The molecule has 1 aromatic carbocycles. The minimum atomic E-state index is -0.111. The molecule has 0 aliphatic carbocycles. The first-order chi connectivity index (χ1) is 10.3. The van der Waals surface area contributed by atoms with Crippen molar-refractivity contribution >= 4 is 5.91 Å². The van der Waals surface area contributed by atoms with E-state index >= 15 is 0 Å². The Morgan fingerprint density at radius 1 is 1.33 bits per heavy atom. The average molecular weight is 292 g/mol. The van der Waals surface area contributed by atoms with Crippen LogP contribution in [-0.2, 0) is 9.53 Å². The van der Waals surface area contributed by atoms with Gasteiger partial charge in [-0.05, 0) is 18.9 Å². The van der Waals surface area contributed by atoms with Gasteiger partial charge in [-0.15, -0.1) is 0 Å².